The molecular formula is C20H22Cl2N4O2. The molecule has 3 N–H and O–H groups in total. The van der Waals surface area contributed by atoms with Crippen molar-refractivity contribution >= 4 is 40.5 Å². The maximum absolute atomic E-state index is 11.8. The van der Waals surface area contributed by atoms with Gasteiger partial charge in [0, 0.05) is 55.7 Å². The molecule has 1 aliphatic heterocycles. The molecule has 0 bridgehead atoms. The van der Waals surface area contributed by atoms with Crippen LogP contribution >= 0.6 is 23.2 Å². The summed E-state index contributed by atoms with van der Waals surface area (Å²) in [5.74, 6) is 0.455. The molecule has 2 heterocycles. The van der Waals surface area contributed by atoms with Gasteiger partial charge in [0.2, 0.25) is 5.91 Å². The molecule has 0 unspecified atom stereocenters. The summed E-state index contributed by atoms with van der Waals surface area (Å²) in [5, 5.41) is 3.76. The Hall–Kier alpha value is -2.44. The molecular weight excluding hydrogens is 399 g/mol. The number of carbonyl (C=O) groups is 1. The molecule has 0 aliphatic carbocycles. The average molecular weight is 421 g/mol. The number of hydrogen-bond donors (Lipinski definition) is 2. The highest BCUT2D eigenvalue weighted by Crippen LogP contribution is 2.31. The number of nitrogens with one attached hydrogen (secondary N) is 1. The van der Waals surface area contributed by atoms with Crippen LogP contribution in [0.5, 0.6) is 5.75 Å². The molecule has 0 radical (unpaired) electrons. The molecule has 3 rings (SSSR count). The number of amides is 1. The van der Waals surface area contributed by atoms with Crippen LogP contribution in [0.15, 0.2) is 48.3 Å². The number of allylic oxidation sites excluding steroid dienone is 1. The lowest BCUT2D eigenvalue weighted by Gasteiger charge is -2.34. The van der Waals surface area contributed by atoms with E-state index < -0.39 is 0 Å². The van der Waals surface area contributed by atoms with E-state index in [1.165, 1.54) is 6.08 Å². The SMILES string of the molecule is CC(N)=CC(=O)Nc1ccc(N2CCC(Oc3ccnc(Cl)c3)CC2)c(Cl)c1. The lowest BCUT2D eigenvalue weighted by molar-refractivity contribution is -0.111. The first-order chi connectivity index (χ1) is 13.4. The van der Waals surface area contributed by atoms with Gasteiger partial charge >= 0.3 is 0 Å². The van der Waals surface area contributed by atoms with Gasteiger partial charge in [0.25, 0.3) is 0 Å². The monoisotopic (exact) mass is 420 g/mol. The van der Waals surface area contributed by atoms with Crippen molar-refractivity contribution in [1.82, 2.24) is 4.98 Å². The molecule has 148 valence electrons. The van der Waals surface area contributed by atoms with Gasteiger partial charge in [-0.05, 0) is 31.2 Å². The predicted octanol–water partition coefficient (Wildman–Crippen LogP) is 4.24. The molecule has 0 saturated carbocycles. The van der Waals surface area contributed by atoms with Gasteiger partial charge in [-0.15, -0.1) is 0 Å². The van der Waals surface area contributed by atoms with Gasteiger partial charge in [0.05, 0.1) is 10.7 Å². The van der Waals surface area contributed by atoms with Gasteiger partial charge in [-0.1, -0.05) is 23.2 Å². The van der Waals surface area contributed by atoms with E-state index in [-0.39, 0.29) is 12.0 Å². The number of benzene rings is 1. The van der Waals surface area contributed by atoms with Crippen LogP contribution in [0.4, 0.5) is 11.4 Å². The zero-order valence-corrected chi connectivity index (χ0v) is 17.0. The fraction of sp³-hybridized carbons (Fsp3) is 0.300. The Balaban J connectivity index is 1.58. The smallest absolute Gasteiger partial charge is 0.250 e. The highest BCUT2D eigenvalue weighted by Gasteiger charge is 2.22. The number of piperidine rings is 1. The van der Waals surface area contributed by atoms with Crippen molar-refractivity contribution in [2.75, 3.05) is 23.3 Å². The number of carbonyl (C=O) groups excluding carboxylic acids is 1. The Bertz CT molecular complexity index is 876. The standard InChI is InChI=1S/C20H22Cl2N4O2/c1-13(23)10-20(27)25-14-2-3-18(17(21)11-14)26-8-5-15(6-9-26)28-16-4-7-24-19(22)12-16/h2-4,7,10-12,15H,5-6,8-9,23H2,1H3,(H,25,27). The topological polar surface area (TPSA) is 80.5 Å². The quantitative estimate of drug-likeness (QED) is 0.558. The fourth-order valence-corrected chi connectivity index (χ4v) is 3.56. The molecule has 6 nitrogen and oxygen atoms in total. The predicted molar refractivity (Wildman–Crippen MR) is 113 cm³/mol. The highest BCUT2D eigenvalue weighted by molar-refractivity contribution is 6.33. The highest BCUT2D eigenvalue weighted by atomic mass is 35.5. The summed E-state index contributed by atoms with van der Waals surface area (Å²) in [4.78, 5) is 18.0. The number of nitrogens with two attached hydrogens (primary N) is 1. The Morgan fingerprint density at radius 2 is 2.04 bits per heavy atom. The summed E-state index contributed by atoms with van der Waals surface area (Å²) >= 11 is 12.4. The van der Waals surface area contributed by atoms with E-state index in [1.54, 1.807) is 25.3 Å². The number of halogens is 2. The van der Waals surface area contributed by atoms with Crippen LogP contribution < -0.4 is 20.7 Å². The lowest BCUT2D eigenvalue weighted by atomic mass is 10.1. The van der Waals surface area contributed by atoms with Crippen LogP contribution in [-0.2, 0) is 4.79 Å². The van der Waals surface area contributed by atoms with Crippen molar-refractivity contribution in [3.05, 3.63) is 58.5 Å². The maximum atomic E-state index is 11.8. The summed E-state index contributed by atoms with van der Waals surface area (Å²) in [5.41, 5.74) is 7.53. The first-order valence-corrected chi connectivity index (χ1v) is 9.74. The van der Waals surface area contributed by atoms with Crippen molar-refractivity contribution in [2.24, 2.45) is 5.73 Å². The third-order valence-corrected chi connectivity index (χ3v) is 4.87. The number of pyridine rings is 1. The molecule has 28 heavy (non-hydrogen) atoms. The van der Waals surface area contributed by atoms with Crippen LogP contribution in [0.3, 0.4) is 0 Å². The number of ether oxygens (including phenoxy) is 1. The summed E-state index contributed by atoms with van der Waals surface area (Å²) in [6.45, 7) is 3.31. The first kappa shape index (κ1) is 20.3. The van der Waals surface area contributed by atoms with E-state index in [9.17, 15) is 4.79 Å². The van der Waals surface area contributed by atoms with Crippen LogP contribution in [-0.4, -0.2) is 30.1 Å². The van der Waals surface area contributed by atoms with E-state index in [1.807, 2.05) is 18.2 Å². The van der Waals surface area contributed by atoms with Gasteiger partial charge in [-0.3, -0.25) is 4.79 Å². The van der Waals surface area contributed by atoms with Gasteiger partial charge in [0.1, 0.15) is 17.0 Å². The molecule has 0 spiro atoms. The minimum Gasteiger partial charge on any atom is -0.490 e. The number of nitrogens with zero attached hydrogens (tertiary/aromatic N) is 2. The summed E-state index contributed by atoms with van der Waals surface area (Å²) in [7, 11) is 0. The van der Waals surface area contributed by atoms with Gasteiger partial charge in [0.15, 0.2) is 0 Å². The minimum atomic E-state index is -0.280. The molecule has 0 atom stereocenters. The van der Waals surface area contributed by atoms with Crippen LogP contribution in [0.1, 0.15) is 19.8 Å². The van der Waals surface area contributed by atoms with Gasteiger partial charge in [-0.25, -0.2) is 4.98 Å². The Morgan fingerprint density at radius 1 is 1.29 bits per heavy atom. The van der Waals surface area contributed by atoms with Crippen LogP contribution in [0.2, 0.25) is 10.2 Å². The van der Waals surface area contributed by atoms with Crippen molar-refractivity contribution in [1.29, 1.82) is 0 Å². The van der Waals surface area contributed by atoms with Crippen molar-refractivity contribution in [2.45, 2.75) is 25.9 Å². The normalized spacial score (nSPS) is 15.4. The first-order valence-electron chi connectivity index (χ1n) is 8.98. The molecule has 1 fully saturated rings. The van der Waals surface area contributed by atoms with E-state index >= 15 is 0 Å². The second-order valence-electron chi connectivity index (χ2n) is 6.66. The molecule has 2 aromatic rings. The largest absolute Gasteiger partial charge is 0.490 e. The molecule has 8 heteroatoms. The second-order valence-corrected chi connectivity index (χ2v) is 7.46. The Morgan fingerprint density at radius 3 is 2.68 bits per heavy atom. The minimum absolute atomic E-state index is 0.123. The van der Waals surface area contributed by atoms with E-state index in [4.69, 9.17) is 33.7 Å². The number of hydrogen-bond acceptors (Lipinski definition) is 5. The molecule has 1 amide bonds. The van der Waals surface area contributed by atoms with E-state index in [2.05, 4.69) is 15.2 Å². The van der Waals surface area contributed by atoms with Crippen molar-refractivity contribution in [3.63, 3.8) is 0 Å². The fourth-order valence-electron chi connectivity index (χ4n) is 3.09. The molecule has 1 saturated heterocycles. The van der Waals surface area contributed by atoms with Gasteiger partial charge < -0.3 is 20.7 Å². The lowest BCUT2D eigenvalue weighted by Crippen LogP contribution is -2.38. The zero-order valence-electron chi connectivity index (χ0n) is 15.5. The number of aromatic nitrogens is 1. The average Bonchev–Trinajstić information content (AvgIpc) is 2.62. The summed E-state index contributed by atoms with van der Waals surface area (Å²) in [6, 6.07) is 9.03. The van der Waals surface area contributed by atoms with Crippen molar-refractivity contribution in [3.8, 4) is 5.75 Å². The zero-order chi connectivity index (χ0) is 20.1. The molecule has 1 aliphatic rings. The van der Waals surface area contributed by atoms with Crippen LogP contribution in [0.25, 0.3) is 0 Å². The Kier molecular flexibility index (Phi) is 6.65. The van der Waals surface area contributed by atoms with E-state index in [0.29, 0.717) is 21.6 Å². The summed E-state index contributed by atoms with van der Waals surface area (Å²) in [6.07, 6.45) is 4.84. The van der Waals surface area contributed by atoms with Crippen molar-refractivity contribution < 1.29 is 9.53 Å². The molecule has 1 aromatic carbocycles. The maximum Gasteiger partial charge on any atom is 0.250 e. The second kappa shape index (κ2) is 9.17. The third-order valence-electron chi connectivity index (χ3n) is 4.36. The molecule has 1 aromatic heterocycles. The van der Waals surface area contributed by atoms with E-state index in [0.717, 1.165) is 37.4 Å². The van der Waals surface area contributed by atoms with Crippen LogP contribution in [0, 0.1) is 0 Å². The Labute approximate surface area is 174 Å². The number of rotatable bonds is 5. The third kappa shape index (κ3) is 5.53. The number of anilines is 2. The van der Waals surface area contributed by atoms with Gasteiger partial charge in [-0.2, -0.15) is 0 Å². The summed E-state index contributed by atoms with van der Waals surface area (Å²) < 4.78 is 6.00.